The lowest BCUT2D eigenvalue weighted by molar-refractivity contribution is 0.231. The third kappa shape index (κ3) is 2.02. The molecular formula is C14H18FN3. The minimum Gasteiger partial charge on any atom is -0.355 e. The number of aromatic amines is 1. The van der Waals surface area contributed by atoms with Gasteiger partial charge in [-0.1, -0.05) is 12.1 Å². The van der Waals surface area contributed by atoms with Gasteiger partial charge in [0, 0.05) is 43.8 Å². The molecule has 1 aliphatic heterocycles. The summed E-state index contributed by atoms with van der Waals surface area (Å²) >= 11 is 0. The number of H-pyrrole nitrogens is 1. The van der Waals surface area contributed by atoms with E-state index < -0.39 is 0 Å². The Hall–Kier alpha value is -1.39. The third-order valence-electron chi connectivity index (χ3n) is 3.74. The molecule has 0 amide bonds. The summed E-state index contributed by atoms with van der Waals surface area (Å²) < 4.78 is 13.7. The lowest BCUT2D eigenvalue weighted by atomic mass is 10.1. The van der Waals surface area contributed by atoms with Gasteiger partial charge in [0.2, 0.25) is 0 Å². The molecule has 2 N–H and O–H groups in total. The number of para-hydroxylation sites is 1. The van der Waals surface area contributed by atoms with Gasteiger partial charge >= 0.3 is 0 Å². The number of aromatic nitrogens is 1. The first-order valence-corrected chi connectivity index (χ1v) is 6.44. The van der Waals surface area contributed by atoms with Crippen molar-refractivity contribution in [2.45, 2.75) is 13.5 Å². The molecule has 4 heteroatoms. The lowest BCUT2D eigenvalue weighted by Crippen LogP contribution is -2.43. The summed E-state index contributed by atoms with van der Waals surface area (Å²) in [7, 11) is 0. The number of nitrogens with one attached hydrogen (secondary N) is 2. The van der Waals surface area contributed by atoms with E-state index in [0.29, 0.717) is 5.52 Å². The molecule has 1 fully saturated rings. The molecule has 0 saturated carbocycles. The van der Waals surface area contributed by atoms with Crippen LogP contribution in [0.3, 0.4) is 0 Å². The van der Waals surface area contributed by atoms with Gasteiger partial charge in [-0.15, -0.1) is 0 Å². The van der Waals surface area contributed by atoms with E-state index in [4.69, 9.17) is 0 Å². The van der Waals surface area contributed by atoms with E-state index in [9.17, 15) is 4.39 Å². The summed E-state index contributed by atoms with van der Waals surface area (Å²) in [5, 5.41) is 4.34. The second-order valence-electron chi connectivity index (χ2n) is 4.92. The first-order chi connectivity index (χ1) is 8.75. The average Bonchev–Trinajstić information content (AvgIpc) is 2.70. The molecule has 96 valence electrons. The first kappa shape index (κ1) is 11.7. The van der Waals surface area contributed by atoms with Crippen LogP contribution in [0.4, 0.5) is 4.39 Å². The van der Waals surface area contributed by atoms with E-state index in [2.05, 4.69) is 22.1 Å². The van der Waals surface area contributed by atoms with E-state index in [1.165, 1.54) is 11.6 Å². The fourth-order valence-electron chi connectivity index (χ4n) is 2.62. The maximum atomic E-state index is 13.7. The predicted octanol–water partition coefficient (Wildman–Crippen LogP) is 2.02. The number of nitrogens with zero attached hydrogens (tertiary/aromatic N) is 1. The molecule has 0 bridgehead atoms. The number of piperazine rings is 1. The molecule has 1 saturated heterocycles. The number of halogens is 1. The fraction of sp³-hybridized carbons (Fsp3) is 0.429. The monoisotopic (exact) mass is 247 g/mol. The summed E-state index contributed by atoms with van der Waals surface area (Å²) in [5.41, 5.74) is 2.94. The number of benzene rings is 1. The van der Waals surface area contributed by atoms with Gasteiger partial charge in [0.25, 0.3) is 0 Å². The largest absolute Gasteiger partial charge is 0.355 e. The zero-order valence-corrected chi connectivity index (χ0v) is 10.6. The van der Waals surface area contributed by atoms with Crippen LogP contribution in [-0.2, 0) is 6.54 Å². The van der Waals surface area contributed by atoms with Gasteiger partial charge in [-0.3, -0.25) is 4.90 Å². The van der Waals surface area contributed by atoms with Crippen molar-refractivity contribution in [3.8, 4) is 0 Å². The van der Waals surface area contributed by atoms with E-state index >= 15 is 0 Å². The number of hydrogen-bond acceptors (Lipinski definition) is 2. The van der Waals surface area contributed by atoms with Crippen LogP contribution in [0.15, 0.2) is 18.2 Å². The maximum absolute atomic E-state index is 13.7. The summed E-state index contributed by atoms with van der Waals surface area (Å²) in [4.78, 5) is 5.64. The smallest absolute Gasteiger partial charge is 0.147 e. The normalized spacial score (nSPS) is 17.4. The van der Waals surface area contributed by atoms with E-state index in [1.54, 1.807) is 6.07 Å². The first-order valence-electron chi connectivity index (χ1n) is 6.44. The van der Waals surface area contributed by atoms with Crippen LogP contribution >= 0.6 is 0 Å². The van der Waals surface area contributed by atoms with E-state index in [-0.39, 0.29) is 5.82 Å². The van der Waals surface area contributed by atoms with Gasteiger partial charge in [0.15, 0.2) is 0 Å². The second kappa shape index (κ2) is 4.71. The van der Waals surface area contributed by atoms with Crippen LogP contribution in [0.1, 0.15) is 11.3 Å². The lowest BCUT2D eigenvalue weighted by Gasteiger charge is -2.26. The van der Waals surface area contributed by atoms with Crippen molar-refractivity contribution in [2.24, 2.45) is 0 Å². The van der Waals surface area contributed by atoms with Crippen molar-refractivity contribution < 1.29 is 4.39 Å². The predicted molar refractivity (Wildman–Crippen MR) is 71.1 cm³/mol. The minimum atomic E-state index is -0.165. The van der Waals surface area contributed by atoms with Gasteiger partial charge in [-0.05, 0) is 18.6 Å². The summed E-state index contributed by atoms with van der Waals surface area (Å²) in [6.45, 7) is 7.12. The van der Waals surface area contributed by atoms with Crippen LogP contribution in [0.2, 0.25) is 0 Å². The highest BCUT2D eigenvalue weighted by molar-refractivity contribution is 5.84. The molecule has 1 aliphatic rings. The van der Waals surface area contributed by atoms with Crippen molar-refractivity contribution in [2.75, 3.05) is 26.2 Å². The zero-order chi connectivity index (χ0) is 12.5. The molecule has 3 rings (SSSR count). The summed E-state index contributed by atoms with van der Waals surface area (Å²) in [5.74, 6) is -0.165. The van der Waals surface area contributed by atoms with E-state index in [1.807, 2.05) is 6.07 Å². The number of fused-ring (bicyclic) bond motifs is 1. The Morgan fingerprint density at radius 3 is 2.78 bits per heavy atom. The highest BCUT2D eigenvalue weighted by atomic mass is 19.1. The van der Waals surface area contributed by atoms with Crippen LogP contribution < -0.4 is 5.32 Å². The highest BCUT2D eigenvalue weighted by Crippen LogP contribution is 2.24. The summed E-state index contributed by atoms with van der Waals surface area (Å²) in [6, 6.07) is 5.26. The Bertz CT molecular complexity index is 555. The molecule has 0 radical (unpaired) electrons. The Morgan fingerprint density at radius 1 is 1.28 bits per heavy atom. The van der Waals surface area contributed by atoms with Gasteiger partial charge in [-0.25, -0.2) is 4.39 Å². The zero-order valence-electron chi connectivity index (χ0n) is 10.6. The number of rotatable bonds is 2. The van der Waals surface area contributed by atoms with Crippen LogP contribution in [0.5, 0.6) is 0 Å². The minimum absolute atomic E-state index is 0.165. The van der Waals surface area contributed by atoms with Crippen LogP contribution in [0.25, 0.3) is 10.9 Å². The molecule has 3 nitrogen and oxygen atoms in total. The van der Waals surface area contributed by atoms with Crippen molar-refractivity contribution in [1.82, 2.24) is 15.2 Å². The molecule has 0 aliphatic carbocycles. The fourth-order valence-corrected chi connectivity index (χ4v) is 2.62. The van der Waals surface area contributed by atoms with Crippen molar-refractivity contribution in [1.29, 1.82) is 0 Å². The maximum Gasteiger partial charge on any atom is 0.147 e. The number of hydrogen-bond donors (Lipinski definition) is 2. The molecule has 0 atom stereocenters. The van der Waals surface area contributed by atoms with Gasteiger partial charge in [0.05, 0.1) is 5.52 Å². The van der Waals surface area contributed by atoms with Gasteiger partial charge in [0.1, 0.15) is 5.82 Å². The van der Waals surface area contributed by atoms with Crippen molar-refractivity contribution >= 4 is 10.9 Å². The molecule has 1 aromatic heterocycles. The average molecular weight is 247 g/mol. The van der Waals surface area contributed by atoms with Crippen molar-refractivity contribution in [3.63, 3.8) is 0 Å². The van der Waals surface area contributed by atoms with Crippen LogP contribution in [0, 0.1) is 12.7 Å². The third-order valence-corrected chi connectivity index (χ3v) is 3.74. The molecule has 2 heterocycles. The summed E-state index contributed by atoms with van der Waals surface area (Å²) in [6.07, 6.45) is 0. The highest BCUT2D eigenvalue weighted by Gasteiger charge is 2.15. The van der Waals surface area contributed by atoms with E-state index in [0.717, 1.165) is 43.8 Å². The Kier molecular flexibility index (Phi) is 3.06. The Morgan fingerprint density at radius 2 is 2.06 bits per heavy atom. The SMILES string of the molecule is Cc1c(CN2CCNCC2)[nH]c2c(F)cccc12. The van der Waals surface area contributed by atoms with Crippen LogP contribution in [-0.4, -0.2) is 36.1 Å². The molecule has 0 spiro atoms. The molecular weight excluding hydrogens is 229 g/mol. The molecule has 0 unspecified atom stereocenters. The molecule has 18 heavy (non-hydrogen) atoms. The molecule has 1 aromatic carbocycles. The standard InChI is InChI=1S/C14H18FN3/c1-10-11-3-2-4-12(15)14(11)17-13(10)9-18-7-5-16-6-8-18/h2-4,16-17H,5-9H2,1H3. The molecule has 2 aromatic rings. The second-order valence-corrected chi connectivity index (χ2v) is 4.92. The topological polar surface area (TPSA) is 31.1 Å². The quantitative estimate of drug-likeness (QED) is 0.850. The van der Waals surface area contributed by atoms with Gasteiger partial charge in [-0.2, -0.15) is 0 Å². The van der Waals surface area contributed by atoms with Gasteiger partial charge < -0.3 is 10.3 Å². The van der Waals surface area contributed by atoms with Crippen molar-refractivity contribution in [3.05, 3.63) is 35.3 Å². The Labute approximate surface area is 106 Å². The Balaban J connectivity index is 1.92. The number of aryl methyl sites for hydroxylation is 1.